The maximum absolute atomic E-state index is 12.5. The first-order valence-corrected chi connectivity index (χ1v) is 7.90. The highest BCUT2D eigenvalue weighted by Gasteiger charge is 2.30. The summed E-state index contributed by atoms with van der Waals surface area (Å²) in [4.78, 5) is 23.3. The molecule has 0 spiro atoms. The quantitative estimate of drug-likeness (QED) is 0.832. The Kier molecular flexibility index (Phi) is 4.28. The SMILES string of the molecule is O=C(C1CCCCC1)N1CCC(c2ncccn2)CC1. The molecule has 2 heterocycles. The highest BCUT2D eigenvalue weighted by atomic mass is 16.2. The van der Waals surface area contributed by atoms with Crippen molar-refractivity contribution < 1.29 is 4.79 Å². The fraction of sp³-hybridized carbons (Fsp3) is 0.688. The van der Waals surface area contributed by atoms with Gasteiger partial charge in [0.1, 0.15) is 5.82 Å². The Hall–Kier alpha value is -1.45. The van der Waals surface area contributed by atoms with Crippen LogP contribution in [0.5, 0.6) is 0 Å². The lowest BCUT2D eigenvalue weighted by molar-refractivity contribution is -0.137. The molecule has 108 valence electrons. The molecule has 4 nitrogen and oxygen atoms in total. The van der Waals surface area contributed by atoms with Crippen LogP contribution in [0.25, 0.3) is 0 Å². The lowest BCUT2D eigenvalue weighted by Crippen LogP contribution is -2.42. The summed E-state index contributed by atoms with van der Waals surface area (Å²) >= 11 is 0. The summed E-state index contributed by atoms with van der Waals surface area (Å²) in [6.07, 6.45) is 11.6. The van der Waals surface area contributed by atoms with Crippen LogP contribution in [0.3, 0.4) is 0 Å². The number of likely N-dealkylation sites (tertiary alicyclic amines) is 1. The van der Waals surface area contributed by atoms with Crippen LogP contribution in [-0.4, -0.2) is 33.9 Å². The normalized spacial score (nSPS) is 21.9. The summed E-state index contributed by atoms with van der Waals surface area (Å²) in [6, 6.07) is 1.85. The van der Waals surface area contributed by atoms with Crippen LogP contribution in [0.4, 0.5) is 0 Å². The van der Waals surface area contributed by atoms with Crippen LogP contribution in [0, 0.1) is 5.92 Å². The maximum Gasteiger partial charge on any atom is 0.225 e. The molecule has 1 aliphatic heterocycles. The number of piperidine rings is 1. The first kappa shape index (κ1) is 13.5. The molecule has 2 aliphatic rings. The Balaban J connectivity index is 1.54. The number of nitrogens with zero attached hydrogens (tertiary/aromatic N) is 3. The standard InChI is InChI=1S/C16H23N3O/c20-16(14-5-2-1-3-6-14)19-11-7-13(8-12-19)15-17-9-4-10-18-15/h4,9-10,13-14H,1-3,5-8,11-12H2. The first-order chi connectivity index (χ1) is 9.84. The fourth-order valence-electron chi connectivity index (χ4n) is 3.49. The number of carbonyl (C=O) groups is 1. The van der Waals surface area contributed by atoms with Gasteiger partial charge in [-0.25, -0.2) is 9.97 Å². The zero-order chi connectivity index (χ0) is 13.8. The smallest absolute Gasteiger partial charge is 0.225 e. The number of hydrogen-bond donors (Lipinski definition) is 0. The van der Waals surface area contributed by atoms with E-state index in [1.165, 1.54) is 19.3 Å². The van der Waals surface area contributed by atoms with Gasteiger partial charge in [0, 0.05) is 37.3 Å². The molecule has 0 atom stereocenters. The number of aromatic nitrogens is 2. The molecule has 1 aliphatic carbocycles. The Morgan fingerprint density at radius 2 is 1.65 bits per heavy atom. The van der Waals surface area contributed by atoms with Crippen molar-refractivity contribution in [1.29, 1.82) is 0 Å². The van der Waals surface area contributed by atoms with E-state index in [1.807, 2.05) is 18.5 Å². The van der Waals surface area contributed by atoms with Gasteiger partial charge in [0.05, 0.1) is 0 Å². The van der Waals surface area contributed by atoms with E-state index in [0.29, 0.717) is 17.7 Å². The third-order valence-electron chi connectivity index (χ3n) is 4.71. The molecule has 20 heavy (non-hydrogen) atoms. The van der Waals surface area contributed by atoms with Crippen molar-refractivity contribution in [2.24, 2.45) is 5.92 Å². The molecule has 0 unspecified atom stereocenters. The largest absolute Gasteiger partial charge is 0.342 e. The molecule has 1 amide bonds. The molecule has 1 saturated carbocycles. The van der Waals surface area contributed by atoms with Crippen LogP contribution in [0.15, 0.2) is 18.5 Å². The van der Waals surface area contributed by atoms with Crippen LogP contribution < -0.4 is 0 Å². The topological polar surface area (TPSA) is 46.1 Å². The lowest BCUT2D eigenvalue weighted by Gasteiger charge is -2.34. The van der Waals surface area contributed by atoms with Crippen molar-refractivity contribution in [3.63, 3.8) is 0 Å². The van der Waals surface area contributed by atoms with Crippen LogP contribution in [0.1, 0.15) is 56.7 Å². The van der Waals surface area contributed by atoms with Crippen molar-refractivity contribution in [3.8, 4) is 0 Å². The van der Waals surface area contributed by atoms with Crippen molar-refractivity contribution in [3.05, 3.63) is 24.3 Å². The van der Waals surface area contributed by atoms with Crippen molar-refractivity contribution in [2.75, 3.05) is 13.1 Å². The van der Waals surface area contributed by atoms with Gasteiger partial charge in [-0.1, -0.05) is 19.3 Å². The van der Waals surface area contributed by atoms with Gasteiger partial charge in [-0.3, -0.25) is 4.79 Å². The molecular weight excluding hydrogens is 250 g/mol. The third kappa shape index (κ3) is 3.00. The summed E-state index contributed by atoms with van der Waals surface area (Å²) in [5, 5.41) is 0. The lowest BCUT2D eigenvalue weighted by atomic mass is 9.87. The monoisotopic (exact) mass is 273 g/mol. The fourth-order valence-corrected chi connectivity index (χ4v) is 3.49. The van der Waals surface area contributed by atoms with Gasteiger partial charge >= 0.3 is 0 Å². The molecule has 0 N–H and O–H groups in total. The Bertz CT molecular complexity index is 434. The van der Waals surface area contributed by atoms with E-state index in [-0.39, 0.29) is 0 Å². The maximum atomic E-state index is 12.5. The van der Waals surface area contributed by atoms with E-state index in [2.05, 4.69) is 14.9 Å². The first-order valence-electron chi connectivity index (χ1n) is 7.90. The van der Waals surface area contributed by atoms with Crippen LogP contribution >= 0.6 is 0 Å². The number of amides is 1. The van der Waals surface area contributed by atoms with E-state index in [1.54, 1.807) is 0 Å². The van der Waals surface area contributed by atoms with E-state index in [9.17, 15) is 4.79 Å². The van der Waals surface area contributed by atoms with E-state index >= 15 is 0 Å². The summed E-state index contributed by atoms with van der Waals surface area (Å²) in [5.41, 5.74) is 0. The third-order valence-corrected chi connectivity index (χ3v) is 4.71. The predicted molar refractivity (Wildman–Crippen MR) is 77.2 cm³/mol. The van der Waals surface area contributed by atoms with E-state index in [4.69, 9.17) is 0 Å². The minimum absolute atomic E-state index is 0.299. The minimum atomic E-state index is 0.299. The second-order valence-corrected chi connectivity index (χ2v) is 6.04. The zero-order valence-corrected chi connectivity index (χ0v) is 12.0. The second-order valence-electron chi connectivity index (χ2n) is 6.04. The summed E-state index contributed by atoms with van der Waals surface area (Å²) < 4.78 is 0. The van der Waals surface area contributed by atoms with Gasteiger partial charge < -0.3 is 4.90 Å². The van der Waals surface area contributed by atoms with Crippen LogP contribution in [-0.2, 0) is 4.79 Å². The van der Waals surface area contributed by atoms with Gasteiger partial charge in [-0.2, -0.15) is 0 Å². The molecule has 2 fully saturated rings. The summed E-state index contributed by atoms with van der Waals surface area (Å²) in [6.45, 7) is 1.75. The Morgan fingerprint density at radius 3 is 2.30 bits per heavy atom. The van der Waals surface area contributed by atoms with Crippen LogP contribution in [0.2, 0.25) is 0 Å². The molecule has 0 aromatic carbocycles. The number of hydrogen-bond acceptors (Lipinski definition) is 3. The highest BCUT2D eigenvalue weighted by molar-refractivity contribution is 5.79. The Labute approximate surface area is 120 Å². The Morgan fingerprint density at radius 1 is 1.00 bits per heavy atom. The molecule has 0 bridgehead atoms. The van der Waals surface area contributed by atoms with Gasteiger partial charge in [0.2, 0.25) is 5.91 Å². The van der Waals surface area contributed by atoms with Gasteiger partial charge in [-0.05, 0) is 31.7 Å². The minimum Gasteiger partial charge on any atom is -0.342 e. The zero-order valence-electron chi connectivity index (χ0n) is 12.0. The number of rotatable bonds is 2. The molecular formula is C16H23N3O. The van der Waals surface area contributed by atoms with Gasteiger partial charge in [-0.15, -0.1) is 0 Å². The van der Waals surface area contributed by atoms with Gasteiger partial charge in [0.25, 0.3) is 0 Å². The second kappa shape index (κ2) is 6.33. The molecule has 1 aromatic heterocycles. The highest BCUT2D eigenvalue weighted by Crippen LogP contribution is 2.29. The van der Waals surface area contributed by atoms with Crippen molar-refractivity contribution >= 4 is 5.91 Å². The summed E-state index contributed by atoms with van der Waals surface area (Å²) in [5.74, 6) is 2.06. The van der Waals surface area contributed by atoms with E-state index < -0.39 is 0 Å². The van der Waals surface area contributed by atoms with Crippen molar-refractivity contribution in [2.45, 2.75) is 50.9 Å². The summed E-state index contributed by atoms with van der Waals surface area (Å²) in [7, 11) is 0. The number of carbonyl (C=O) groups excluding carboxylic acids is 1. The average Bonchev–Trinajstić information content (AvgIpc) is 2.56. The van der Waals surface area contributed by atoms with E-state index in [0.717, 1.165) is 44.6 Å². The average molecular weight is 273 g/mol. The molecule has 3 rings (SSSR count). The molecule has 1 aromatic rings. The van der Waals surface area contributed by atoms with Crippen molar-refractivity contribution in [1.82, 2.24) is 14.9 Å². The van der Waals surface area contributed by atoms with Gasteiger partial charge in [0.15, 0.2) is 0 Å². The predicted octanol–water partition coefficient (Wildman–Crippen LogP) is 2.76. The molecule has 0 radical (unpaired) electrons. The molecule has 4 heteroatoms. The molecule has 1 saturated heterocycles.